The molecule has 0 aliphatic heterocycles. The van der Waals surface area contributed by atoms with E-state index < -0.39 is 5.92 Å². The number of carbonyl (C=O) groups is 2. The SMILES string of the molecule is COC(=O)C(CNC(=O)NCc1ccccc1)c1cccc2ccccc12. The second-order valence-electron chi connectivity index (χ2n) is 6.19. The van der Waals surface area contributed by atoms with Gasteiger partial charge in [0.1, 0.15) is 0 Å². The number of hydrogen-bond donors (Lipinski definition) is 2. The van der Waals surface area contributed by atoms with Gasteiger partial charge in [0.2, 0.25) is 0 Å². The van der Waals surface area contributed by atoms with Crippen LogP contribution in [0.4, 0.5) is 4.79 Å². The van der Waals surface area contributed by atoms with Gasteiger partial charge in [0.25, 0.3) is 0 Å². The molecule has 0 saturated heterocycles. The van der Waals surface area contributed by atoms with Crippen molar-refractivity contribution in [3.05, 3.63) is 83.9 Å². The van der Waals surface area contributed by atoms with Gasteiger partial charge in [0.05, 0.1) is 13.0 Å². The van der Waals surface area contributed by atoms with Gasteiger partial charge in [-0.25, -0.2) is 4.79 Å². The molecule has 27 heavy (non-hydrogen) atoms. The molecule has 2 amide bonds. The fourth-order valence-corrected chi connectivity index (χ4v) is 3.05. The molecule has 0 spiro atoms. The first-order valence-electron chi connectivity index (χ1n) is 8.80. The normalized spacial score (nSPS) is 11.6. The van der Waals surface area contributed by atoms with Crippen molar-refractivity contribution in [1.82, 2.24) is 10.6 Å². The van der Waals surface area contributed by atoms with Crippen molar-refractivity contribution >= 4 is 22.8 Å². The van der Waals surface area contributed by atoms with Crippen LogP contribution >= 0.6 is 0 Å². The molecule has 3 aromatic carbocycles. The van der Waals surface area contributed by atoms with Gasteiger partial charge in [-0.2, -0.15) is 0 Å². The maximum absolute atomic E-state index is 12.4. The van der Waals surface area contributed by atoms with Gasteiger partial charge in [0.15, 0.2) is 0 Å². The molecule has 0 aromatic heterocycles. The first-order chi connectivity index (χ1) is 13.2. The fourth-order valence-electron chi connectivity index (χ4n) is 3.05. The second kappa shape index (κ2) is 8.85. The Hall–Kier alpha value is -3.34. The summed E-state index contributed by atoms with van der Waals surface area (Å²) < 4.78 is 4.97. The largest absolute Gasteiger partial charge is 0.468 e. The van der Waals surface area contributed by atoms with Gasteiger partial charge in [-0.3, -0.25) is 4.79 Å². The maximum Gasteiger partial charge on any atom is 0.315 e. The van der Waals surface area contributed by atoms with Crippen molar-refractivity contribution in [2.45, 2.75) is 12.5 Å². The Morgan fingerprint density at radius 3 is 2.37 bits per heavy atom. The number of carbonyl (C=O) groups excluding carboxylic acids is 2. The minimum Gasteiger partial charge on any atom is -0.468 e. The van der Waals surface area contributed by atoms with Crippen LogP contribution in [0.25, 0.3) is 10.8 Å². The van der Waals surface area contributed by atoms with Crippen molar-refractivity contribution in [2.24, 2.45) is 0 Å². The number of nitrogens with one attached hydrogen (secondary N) is 2. The number of amides is 2. The number of esters is 1. The highest BCUT2D eigenvalue weighted by Gasteiger charge is 2.24. The average molecular weight is 362 g/mol. The summed E-state index contributed by atoms with van der Waals surface area (Å²) in [6.45, 7) is 0.575. The molecule has 0 radical (unpaired) electrons. The Morgan fingerprint density at radius 1 is 0.889 bits per heavy atom. The van der Waals surface area contributed by atoms with E-state index in [4.69, 9.17) is 4.74 Å². The molecule has 5 heteroatoms. The van der Waals surface area contributed by atoms with Crippen LogP contribution in [0.15, 0.2) is 72.8 Å². The van der Waals surface area contributed by atoms with Crippen LogP contribution in [0, 0.1) is 0 Å². The van der Waals surface area contributed by atoms with E-state index in [9.17, 15) is 9.59 Å². The first kappa shape index (κ1) is 18.5. The number of ether oxygens (including phenoxy) is 1. The molecule has 138 valence electrons. The third kappa shape index (κ3) is 4.64. The predicted octanol–water partition coefficient (Wildman–Crippen LogP) is 3.60. The smallest absolute Gasteiger partial charge is 0.315 e. The van der Waals surface area contributed by atoms with E-state index in [1.807, 2.05) is 72.8 Å². The zero-order valence-corrected chi connectivity index (χ0v) is 15.1. The molecule has 3 aromatic rings. The highest BCUT2D eigenvalue weighted by molar-refractivity contribution is 5.91. The quantitative estimate of drug-likeness (QED) is 0.659. The van der Waals surface area contributed by atoms with Crippen molar-refractivity contribution in [1.29, 1.82) is 0 Å². The molecule has 1 unspecified atom stereocenters. The molecule has 5 nitrogen and oxygen atoms in total. The number of rotatable bonds is 6. The summed E-state index contributed by atoms with van der Waals surface area (Å²) in [6, 6.07) is 23.0. The van der Waals surface area contributed by atoms with Crippen molar-refractivity contribution in [3.63, 3.8) is 0 Å². The van der Waals surface area contributed by atoms with Crippen LogP contribution < -0.4 is 10.6 Å². The summed E-state index contributed by atoms with van der Waals surface area (Å²) in [5.74, 6) is -0.960. The third-order valence-electron chi connectivity index (χ3n) is 4.45. The Bertz CT molecular complexity index is 920. The van der Waals surface area contributed by atoms with Gasteiger partial charge in [-0.05, 0) is 21.9 Å². The lowest BCUT2D eigenvalue weighted by Crippen LogP contribution is -2.39. The summed E-state index contributed by atoms with van der Waals surface area (Å²) in [5.41, 5.74) is 1.84. The van der Waals surface area contributed by atoms with Gasteiger partial charge < -0.3 is 15.4 Å². The Balaban J connectivity index is 1.70. The molecule has 0 saturated carbocycles. The van der Waals surface area contributed by atoms with E-state index in [0.717, 1.165) is 21.9 Å². The van der Waals surface area contributed by atoms with Crippen LogP contribution in [0.5, 0.6) is 0 Å². The van der Waals surface area contributed by atoms with Gasteiger partial charge in [-0.15, -0.1) is 0 Å². The fraction of sp³-hybridized carbons (Fsp3) is 0.182. The molecule has 0 aliphatic carbocycles. The van der Waals surface area contributed by atoms with Crippen LogP contribution in [-0.4, -0.2) is 25.7 Å². The van der Waals surface area contributed by atoms with E-state index in [0.29, 0.717) is 6.54 Å². The number of urea groups is 1. The molecule has 2 N–H and O–H groups in total. The van der Waals surface area contributed by atoms with Crippen molar-refractivity contribution in [3.8, 4) is 0 Å². The van der Waals surface area contributed by atoms with Crippen LogP contribution in [-0.2, 0) is 16.1 Å². The van der Waals surface area contributed by atoms with Crippen molar-refractivity contribution < 1.29 is 14.3 Å². The number of benzene rings is 3. The lowest BCUT2D eigenvalue weighted by molar-refractivity contribution is -0.142. The Labute approximate surface area is 158 Å². The highest BCUT2D eigenvalue weighted by atomic mass is 16.5. The minimum absolute atomic E-state index is 0.154. The Morgan fingerprint density at radius 2 is 1.59 bits per heavy atom. The lowest BCUT2D eigenvalue weighted by atomic mass is 9.93. The molecule has 0 fully saturated rings. The summed E-state index contributed by atoms with van der Waals surface area (Å²) in [4.78, 5) is 24.5. The minimum atomic E-state index is -0.580. The van der Waals surface area contributed by atoms with Crippen molar-refractivity contribution in [2.75, 3.05) is 13.7 Å². The first-order valence-corrected chi connectivity index (χ1v) is 8.80. The number of hydrogen-bond acceptors (Lipinski definition) is 3. The second-order valence-corrected chi connectivity index (χ2v) is 6.19. The van der Waals surface area contributed by atoms with Gasteiger partial charge >= 0.3 is 12.0 Å². The summed E-state index contributed by atoms with van der Waals surface area (Å²) in [5, 5.41) is 7.59. The summed E-state index contributed by atoms with van der Waals surface area (Å²) in [7, 11) is 1.36. The Kier molecular flexibility index (Phi) is 6.05. The number of fused-ring (bicyclic) bond motifs is 1. The standard InChI is InChI=1S/C22H22N2O3/c1-27-21(25)20(19-13-7-11-17-10-5-6-12-18(17)19)15-24-22(26)23-14-16-8-3-2-4-9-16/h2-13,20H,14-15H2,1H3,(H2,23,24,26). The highest BCUT2D eigenvalue weighted by Crippen LogP contribution is 2.26. The van der Waals surface area contributed by atoms with E-state index in [2.05, 4.69) is 10.6 Å². The lowest BCUT2D eigenvalue weighted by Gasteiger charge is -2.18. The molecule has 3 rings (SSSR count). The zero-order valence-electron chi connectivity index (χ0n) is 15.1. The van der Waals surface area contributed by atoms with Crippen LogP contribution in [0.3, 0.4) is 0 Å². The topological polar surface area (TPSA) is 67.4 Å². The average Bonchev–Trinajstić information content (AvgIpc) is 2.73. The zero-order chi connectivity index (χ0) is 19.1. The molecular weight excluding hydrogens is 340 g/mol. The molecule has 1 atom stereocenters. The van der Waals surface area contributed by atoms with Gasteiger partial charge in [-0.1, -0.05) is 72.8 Å². The molecule has 0 aliphatic rings. The van der Waals surface area contributed by atoms with E-state index in [1.54, 1.807) is 0 Å². The number of methoxy groups -OCH3 is 1. The molecule has 0 heterocycles. The summed E-state index contributed by atoms with van der Waals surface area (Å²) >= 11 is 0. The maximum atomic E-state index is 12.4. The molecule has 0 bridgehead atoms. The van der Waals surface area contributed by atoms with Crippen LogP contribution in [0.2, 0.25) is 0 Å². The predicted molar refractivity (Wildman–Crippen MR) is 105 cm³/mol. The molecular formula is C22H22N2O3. The third-order valence-corrected chi connectivity index (χ3v) is 4.45. The van der Waals surface area contributed by atoms with Crippen LogP contribution in [0.1, 0.15) is 17.0 Å². The van der Waals surface area contributed by atoms with E-state index in [1.165, 1.54) is 7.11 Å². The van der Waals surface area contributed by atoms with E-state index in [-0.39, 0.29) is 18.5 Å². The van der Waals surface area contributed by atoms with E-state index >= 15 is 0 Å². The monoisotopic (exact) mass is 362 g/mol. The summed E-state index contributed by atoms with van der Waals surface area (Å²) in [6.07, 6.45) is 0. The van der Waals surface area contributed by atoms with Gasteiger partial charge in [0, 0.05) is 13.1 Å².